The number of nitrogens with two attached hydrogens (primary N) is 2. The Labute approximate surface area is 166 Å². The average molecular weight is 399 g/mol. The molecular formula is C19H22FN7O2. The van der Waals surface area contributed by atoms with Gasteiger partial charge in [-0.3, -0.25) is 9.78 Å². The van der Waals surface area contributed by atoms with Gasteiger partial charge in [-0.05, 0) is 24.1 Å². The van der Waals surface area contributed by atoms with Crippen molar-refractivity contribution in [1.82, 2.24) is 15.0 Å². The molecule has 0 aliphatic rings. The van der Waals surface area contributed by atoms with E-state index in [1.165, 1.54) is 18.5 Å². The number of hydrogen-bond donors (Lipinski definition) is 5. The number of aliphatic hydroxyl groups is 1. The van der Waals surface area contributed by atoms with Gasteiger partial charge in [0, 0.05) is 17.3 Å². The summed E-state index contributed by atoms with van der Waals surface area (Å²) in [4.78, 5) is 24.1. The molecule has 7 N–H and O–H groups in total. The van der Waals surface area contributed by atoms with Crippen LogP contribution in [0.2, 0.25) is 0 Å². The zero-order valence-corrected chi connectivity index (χ0v) is 15.9. The fourth-order valence-corrected chi connectivity index (χ4v) is 2.86. The lowest BCUT2D eigenvalue weighted by Gasteiger charge is -2.20. The van der Waals surface area contributed by atoms with E-state index in [0.717, 1.165) is 0 Å². The Morgan fingerprint density at radius 2 is 2.03 bits per heavy atom. The molecule has 0 spiro atoms. The van der Waals surface area contributed by atoms with E-state index in [1.54, 1.807) is 18.2 Å². The minimum absolute atomic E-state index is 0.0578. The molecule has 9 nitrogen and oxygen atoms in total. The SMILES string of the molecule is CC(C)C(Nc1cnc(C(N)O)c(Nc2cc(F)c3ncccc3c2)n1)C(N)=O. The molecule has 1 aromatic carbocycles. The van der Waals surface area contributed by atoms with Crippen molar-refractivity contribution in [2.75, 3.05) is 10.6 Å². The standard InChI is InChI=1S/C19H22FN7O2/c1-9(2)14(17(21)28)26-13-8-24-16(18(22)29)19(27-13)25-11-6-10-4-3-5-23-15(10)12(20)7-11/h3-9,14,18,29H,22H2,1-2H3,(H2,21,28)(H2,25,26,27). The number of pyridine rings is 1. The van der Waals surface area contributed by atoms with Crippen LogP contribution in [0.5, 0.6) is 0 Å². The lowest BCUT2D eigenvalue weighted by molar-refractivity contribution is -0.119. The number of anilines is 3. The Balaban J connectivity index is 1.98. The first-order chi connectivity index (χ1) is 13.8. The fraction of sp³-hybridized carbons (Fsp3) is 0.263. The molecule has 2 unspecified atom stereocenters. The molecule has 29 heavy (non-hydrogen) atoms. The van der Waals surface area contributed by atoms with E-state index in [9.17, 15) is 14.3 Å². The number of fused-ring (bicyclic) bond motifs is 1. The van der Waals surface area contributed by atoms with E-state index in [-0.39, 0.29) is 28.8 Å². The van der Waals surface area contributed by atoms with E-state index in [4.69, 9.17) is 11.5 Å². The van der Waals surface area contributed by atoms with Crippen molar-refractivity contribution in [1.29, 1.82) is 0 Å². The molecule has 0 aliphatic heterocycles. The van der Waals surface area contributed by atoms with Crippen LogP contribution in [0.25, 0.3) is 10.9 Å². The lowest BCUT2D eigenvalue weighted by Crippen LogP contribution is -2.39. The van der Waals surface area contributed by atoms with Crippen LogP contribution in [0.4, 0.5) is 21.7 Å². The maximum absolute atomic E-state index is 14.4. The highest BCUT2D eigenvalue weighted by Gasteiger charge is 2.21. The van der Waals surface area contributed by atoms with E-state index >= 15 is 0 Å². The third kappa shape index (κ3) is 4.55. The number of primary amides is 1. The molecule has 152 valence electrons. The third-order valence-electron chi connectivity index (χ3n) is 4.28. The zero-order valence-electron chi connectivity index (χ0n) is 15.9. The maximum atomic E-state index is 14.4. The van der Waals surface area contributed by atoms with Gasteiger partial charge in [0.25, 0.3) is 0 Å². The van der Waals surface area contributed by atoms with Crippen LogP contribution in [0.15, 0.2) is 36.7 Å². The van der Waals surface area contributed by atoms with E-state index in [1.807, 2.05) is 13.8 Å². The predicted octanol–water partition coefficient (Wildman–Crippen LogP) is 1.78. The van der Waals surface area contributed by atoms with Crippen molar-refractivity contribution in [2.24, 2.45) is 17.4 Å². The third-order valence-corrected chi connectivity index (χ3v) is 4.28. The molecule has 0 aliphatic carbocycles. The van der Waals surface area contributed by atoms with Crippen molar-refractivity contribution in [3.05, 3.63) is 48.2 Å². The van der Waals surface area contributed by atoms with E-state index in [2.05, 4.69) is 25.6 Å². The molecule has 0 saturated carbocycles. The Morgan fingerprint density at radius 1 is 1.28 bits per heavy atom. The summed E-state index contributed by atoms with van der Waals surface area (Å²) in [6, 6.07) is 5.68. The van der Waals surface area contributed by atoms with Gasteiger partial charge in [-0.15, -0.1) is 0 Å². The zero-order chi connectivity index (χ0) is 21.1. The first-order valence-electron chi connectivity index (χ1n) is 8.94. The van der Waals surface area contributed by atoms with Gasteiger partial charge >= 0.3 is 0 Å². The van der Waals surface area contributed by atoms with E-state index < -0.39 is 24.0 Å². The molecule has 0 fully saturated rings. The van der Waals surface area contributed by atoms with Crippen LogP contribution in [-0.4, -0.2) is 32.0 Å². The fourth-order valence-electron chi connectivity index (χ4n) is 2.86. The van der Waals surface area contributed by atoms with Gasteiger partial charge in [0.2, 0.25) is 5.91 Å². The highest BCUT2D eigenvalue weighted by atomic mass is 19.1. The molecule has 3 aromatic rings. The number of nitrogens with one attached hydrogen (secondary N) is 2. The summed E-state index contributed by atoms with van der Waals surface area (Å²) < 4.78 is 14.4. The van der Waals surface area contributed by atoms with Gasteiger partial charge in [0.05, 0.1) is 6.20 Å². The molecule has 10 heteroatoms. The number of carbonyl (C=O) groups is 1. The number of halogens is 1. The molecule has 1 amide bonds. The lowest BCUT2D eigenvalue weighted by atomic mass is 10.0. The monoisotopic (exact) mass is 399 g/mol. The Bertz CT molecular complexity index is 1040. The molecule has 2 aromatic heterocycles. The molecule has 2 atom stereocenters. The second kappa shape index (κ2) is 8.33. The van der Waals surface area contributed by atoms with Gasteiger partial charge < -0.3 is 27.2 Å². The topological polar surface area (TPSA) is 152 Å². The number of nitrogens with zero attached hydrogens (tertiary/aromatic N) is 3. The molecule has 0 saturated heterocycles. The van der Waals surface area contributed by atoms with Gasteiger partial charge in [-0.1, -0.05) is 19.9 Å². The maximum Gasteiger partial charge on any atom is 0.240 e. The smallest absolute Gasteiger partial charge is 0.240 e. The van der Waals surface area contributed by atoms with Crippen LogP contribution in [0.3, 0.4) is 0 Å². The number of rotatable bonds is 7. The van der Waals surface area contributed by atoms with Gasteiger partial charge in [0.1, 0.15) is 29.3 Å². The van der Waals surface area contributed by atoms with Crippen molar-refractivity contribution >= 4 is 34.1 Å². The quantitative estimate of drug-likeness (QED) is 0.377. The van der Waals surface area contributed by atoms with Crippen molar-refractivity contribution in [3.8, 4) is 0 Å². The number of benzene rings is 1. The van der Waals surface area contributed by atoms with Crippen molar-refractivity contribution in [2.45, 2.75) is 26.1 Å². The second-order valence-electron chi connectivity index (χ2n) is 6.86. The first kappa shape index (κ1) is 20.4. The summed E-state index contributed by atoms with van der Waals surface area (Å²) in [5.41, 5.74) is 11.7. The average Bonchev–Trinajstić information content (AvgIpc) is 2.65. The van der Waals surface area contributed by atoms with Crippen LogP contribution in [0.1, 0.15) is 25.8 Å². The number of aromatic nitrogens is 3. The summed E-state index contributed by atoms with van der Waals surface area (Å²) in [7, 11) is 0. The summed E-state index contributed by atoms with van der Waals surface area (Å²) in [6.45, 7) is 3.66. The number of amides is 1. The Morgan fingerprint density at radius 3 is 2.69 bits per heavy atom. The van der Waals surface area contributed by atoms with E-state index in [0.29, 0.717) is 11.1 Å². The molecule has 3 rings (SSSR count). The number of carbonyl (C=O) groups excluding carboxylic acids is 1. The number of hydrogen-bond acceptors (Lipinski definition) is 8. The molecule has 2 heterocycles. The summed E-state index contributed by atoms with van der Waals surface area (Å²) in [5.74, 6) is -0.788. The van der Waals surface area contributed by atoms with Gasteiger partial charge in [-0.2, -0.15) is 0 Å². The highest BCUT2D eigenvalue weighted by molar-refractivity contribution is 5.84. The van der Waals surface area contributed by atoms with Crippen LogP contribution in [0, 0.1) is 11.7 Å². The van der Waals surface area contributed by atoms with Crippen LogP contribution >= 0.6 is 0 Å². The summed E-state index contributed by atoms with van der Waals surface area (Å²) >= 11 is 0. The highest BCUT2D eigenvalue weighted by Crippen LogP contribution is 2.26. The van der Waals surface area contributed by atoms with Crippen LogP contribution in [-0.2, 0) is 4.79 Å². The van der Waals surface area contributed by atoms with Crippen LogP contribution < -0.4 is 22.1 Å². The molecular weight excluding hydrogens is 377 g/mol. The normalized spacial score (nSPS) is 13.3. The summed E-state index contributed by atoms with van der Waals surface area (Å²) in [6.07, 6.45) is 1.43. The minimum atomic E-state index is -1.41. The van der Waals surface area contributed by atoms with Gasteiger partial charge in [0.15, 0.2) is 11.6 Å². The largest absolute Gasteiger partial charge is 0.373 e. The molecule has 0 bridgehead atoms. The first-order valence-corrected chi connectivity index (χ1v) is 8.94. The minimum Gasteiger partial charge on any atom is -0.373 e. The Kier molecular flexibility index (Phi) is 5.85. The second-order valence-corrected chi connectivity index (χ2v) is 6.86. The van der Waals surface area contributed by atoms with Crippen molar-refractivity contribution < 1.29 is 14.3 Å². The Hall–Kier alpha value is -3.37. The number of aliphatic hydroxyl groups excluding tert-OH is 1. The predicted molar refractivity (Wildman–Crippen MR) is 108 cm³/mol. The molecule has 0 radical (unpaired) electrons. The van der Waals surface area contributed by atoms with Crippen molar-refractivity contribution in [3.63, 3.8) is 0 Å². The van der Waals surface area contributed by atoms with Gasteiger partial charge in [-0.25, -0.2) is 14.4 Å². The summed E-state index contributed by atoms with van der Waals surface area (Å²) in [5, 5.41) is 16.2.